The third-order valence-corrected chi connectivity index (χ3v) is 1.73. The first-order valence-electron chi connectivity index (χ1n) is 3.00. The molecule has 0 saturated carbocycles. The molecule has 0 amide bonds. The van der Waals surface area contributed by atoms with Crippen molar-refractivity contribution in [1.29, 1.82) is 0 Å². The number of carbonyl (C=O) groups is 1. The van der Waals surface area contributed by atoms with E-state index in [0.717, 1.165) is 0 Å². The quantitative estimate of drug-likeness (QED) is 0.418. The molecule has 0 aromatic carbocycles. The van der Waals surface area contributed by atoms with E-state index in [9.17, 15) is 35.3 Å². The van der Waals surface area contributed by atoms with Gasteiger partial charge in [-0.1, -0.05) is 0 Å². The Morgan fingerprint density at radius 3 is 1.79 bits per heavy atom. The molecule has 14 heavy (non-hydrogen) atoms. The highest BCUT2D eigenvalue weighted by atomic mass is 32.1. The van der Waals surface area contributed by atoms with E-state index in [1.54, 1.807) is 0 Å². The van der Waals surface area contributed by atoms with Gasteiger partial charge in [0.1, 0.15) is 6.29 Å². The molecule has 0 aliphatic heterocycles. The Kier molecular flexibility index (Phi) is 3.60. The van der Waals surface area contributed by atoms with E-state index in [-0.39, 0.29) is 0 Å². The smallest absolute Gasteiger partial charge is 0.303 e. The van der Waals surface area contributed by atoms with Crippen molar-refractivity contribution in [3.63, 3.8) is 0 Å². The number of alkyl halides is 6. The van der Waals surface area contributed by atoms with Crippen molar-refractivity contribution < 1.29 is 35.3 Å². The highest BCUT2D eigenvalue weighted by Gasteiger charge is 2.81. The zero-order chi connectivity index (χ0) is 11.6. The predicted molar refractivity (Wildman–Crippen MR) is 33.6 cm³/mol. The number of aldehydes is 1. The van der Waals surface area contributed by atoms with Crippen LogP contribution in [0.25, 0.3) is 0 Å². The van der Waals surface area contributed by atoms with Crippen molar-refractivity contribution in [3.8, 4) is 0 Å². The zero-order valence-corrected chi connectivity index (χ0v) is 7.09. The number of hydrogen-bond donors (Lipinski definition) is 0. The van der Waals surface area contributed by atoms with Gasteiger partial charge >= 0.3 is 28.8 Å². The predicted octanol–water partition coefficient (Wildman–Crippen LogP) is 1.87. The lowest BCUT2D eigenvalue weighted by atomic mass is 10.1. The molecule has 0 radical (unpaired) electrons. The summed E-state index contributed by atoms with van der Waals surface area (Å²) in [4.78, 5) is 9.54. The van der Waals surface area contributed by atoms with Gasteiger partial charge in [-0.25, -0.2) is 0 Å². The third-order valence-electron chi connectivity index (χ3n) is 1.27. The van der Waals surface area contributed by atoms with Crippen LogP contribution in [0.4, 0.5) is 26.3 Å². The summed E-state index contributed by atoms with van der Waals surface area (Å²) in [6, 6.07) is 0. The molecular weight excluding hydrogens is 238 g/mol. The molecule has 0 aliphatic rings. The first kappa shape index (κ1) is 13.3. The van der Waals surface area contributed by atoms with Crippen molar-refractivity contribution in [2.45, 2.75) is 23.5 Å². The van der Waals surface area contributed by atoms with Crippen LogP contribution in [0.5, 0.6) is 0 Å². The molecule has 82 valence electrons. The Morgan fingerprint density at radius 1 is 1.07 bits per heavy atom. The van der Waals surface area contributed by atoms with Crippen molar-refractivity contribution in [2.75, 3.05) is 0 Å². The fourth-order valence-corrected chi connectivity index (χ4v) is 0.752. The van der Waals surface area contributed by atoms with Gasteiger partial charge in [-0.15, -0.1) is 8.78 Å². The van der Waals surface area contributed by atoms with Crippen molar-refractivity contribution in [3.05, 3.63) is 0 Å². The second-order valence-electron chi connectivity index (χ2n) is 2.25. The summed E-state index contributed by atoms with van der Waals surface area (Å²) in [6.45, 7) is 0. The summed E-state index contributed by atoms with van der Waals surface area (Å²) in [6.07, 6.45) is -2.70. The van der Waals surface area contributed by atoms with Gasteiger partial charge in [0.15, 0.2) is 0 Å². The number of carbonyl (C=O) groups excluding carboxylic acids is 1. The van der Waals surface area contributed by atoms with Gasteiger partial charge in [-0.05, 0) is 0 Å². The molecule has 0 N–H and O–H groups in total. The Labute approximate surface area is 77.8 Å². The van der Waals surface area contributed by atoms with E-state index < -0.39 is 41.5 Å². The van der Waals surface area contributed by atoms with E-state index >= 15 is 0 Å². The molecular formula is C5H3F6O2S+. The van der Waals surface area contributed by atoms with Gasteiger partial charge in [-0.2, -0.15) is 17.6 Å². The highest BCUT2D eigenvalue weighted by molar-refractivity contribution is 7.66. The summed E-state index contributed by atoms with van der Waals surface area (Å²) in [5.41, 5.74) is 0. The Bertz CT molecular complexity index is 240. The van der Waals surface area contributed by atoms with E-state index in [2.05, 4.69) is 0 Å². The van der Waals surface area contributed by atoms with Gasteiger partial charge in [0.2, 0.25) is 0 Å². The summed E-state index contributed by atoms with van der Waals surface area (Å²) in [5.74, 6) is -11.1. The molecule has 0 atom stereocenters. The second-order valence-corrected chi connectivity index (χ2v) is 2.93. The molecule has 0 aromatic rings. The van der Waals surface area contributed by atoms with Crippen LogP contribution >= 0.6 is 0 Å². The van der Waals surface area contributed by atoms with Gasteiger partial charge in [0, 0.05) is 4.21 Å². The monoisotopic (exact) mass is 241 g/mol. The average molecular weight is 241 g/mol. The highest BCUT2D eigenvalue weighted by Crippen LogP contribution is 2.46. The molecule has 0 aliphatic carbocycles. The van der Waals surface area contributed by atoms with E-state index in [1.165, 1.54) is 0 Å². The first-order valence-corrected chi connectivity index (χ1v) is 3.74. The average Bonchev–Trinajstić information content (AvgIpc) is 2.03. The molecule has 9 heteroatoms. The number of halogens is 6. The minimum Gasteiger partial charge on any atom is -0.303 e. The summed E-state index contributed by atoms with van der Waals surface area (Å²) in [5, 5.41) is -5.46. The lowest BCUT2D eigenvalue weighted by molar-refractivity contribution is -0.275. The largest absolute Gasteiger partial charge is 0.600 e. The molecule has 0 bridgehead atoms. The number of rotatable bonds is 5. The summed E-state index contributed by atoms with van der Waals surface area (Å²) < 4.78 is 82.7. The van der Waals surface area contributed by atoms with Crippen LogP contribution in [0.2, 0.25) is 0 Å². The second kappa shape index (κ2) is 3.79. The van der Waals surface area contributed by atoms with E-state index in [4.69, 9.17) is 0 Å². The molecule has 0 saturated heterocycles. The zero-order valence-electron chi connectivity index (χ0n) is 6.28. The standard InChI is InChI=1S/C5H3F6O2S/c6-3(7,1-2-12)4(8,9)5(10,11)14-13/h2H,1H2/q+1. The Morgan fingerprint density at radius 2 is 1.50 bits per heavy atom. The van der Waals surface area contributed by atoms with Gasteiger partial charge < -0.3 is 4.79 Å². The fraction of sp³-hybridized carbons (Fsp3) is 0.800. The van der Waals surface area contributed by atoms with Crippen LogP contribution in [0.3, 0.4) is 0 Å². The lowest BCUT2D eigenvalue weighted by Crippen LogP contribution is -2.53. The van der Waals surface area contributed by atoms with Crippen LogP contribution in [-0.2, 0) is 20.7 Å². The maximum absolute atomic E-state index is 12.3. The van der Waals surface area contributed by atoms with Crippen LogP contribution in [0, 0.1) is 0 Å². The first-order chi connectivity index (χ1) is 6.12. The third kappa shape index (κ3) is 2.02. The van der Waals surface area contributed by atoms with E-state index in [0.29, 0.717) is 0 Å². The Hall–Kier alpha value is -0.730. The SMILES string of the molecule is O=CCC(F)(F)C(F)(F)C(F)(F)[S+]=O. The maximum Gasteiger partial charge on any atom is 0.600 e. The topological polar surface area (TPSA) is 34.1 Å². The number of hydrogen-bond acceptors (Lipinski definition) is 2. The van der Waals surface area contributed by atoms with E-state index in [1.807, 2.05) is 0 Å². The molecule has 0 unspecified atom stereocenters. The Balaban J connectivity index is 5.11. The van der Waals surface area contributed by atoms with Gasteiger partial charge in [-0.3, -0.25) is 0 Å². The molecule has 0 fully saturated rings. The molecule has 0 aromatic heterocycles. The molecule has 2 nitrogen and oxygen atoms in total. The lowest BCUT2D eigenvalue weighted by Gasteiger charge is -2.22. The van der Waals surface area contributed by atoms with Crippen molar-refractivity contribution in [2.24, 2.45) is 0 Å². The minimum absolute atomic E-state index is 0.626. The van der Waals surface area contributed by atoms with Crippen LogP contribution in [-0.4, -0.2) is 23.4 Å². The summed E-state index contributed by atoms with van der Waals surface area (Å²) in [7, 11) is 0. The van der Waals surface area contributed by atoms with Crippen molar-refractivity contribution >= 4 is 18.0 Å². The van der Waals surface area contributed by atoms with Crippen molar-refractivity contribution in [1.82, 2.24) is 0 Å². The summed E-state index contributed by atoms with van der Waals surface area (Å²) >= 11 is -1.94. The molecule has 0 rings (SSSR count). The van der Waals surface area contributed by atoms with Gasteiger partial charge in [0.25, 0.3) is 0 Å². The van der Waals surface area contributed by atoms with Crippen LogP contribution in [0.1, 0.15) is 6.42 Å². The fourth-order valence-electron chi connectivity index (χ4n) is 0.498. The minimum atomic E-state index is -5.85. The van der Waals surface area contributed by atoms with Crippen LogP contribution < -0.4 is 0 Å². The van der Waals surface area contributed by atoms with Crippen LogP contribution in [0.15, 0.2) is 0 Å². The normalized spacial score (nSPS) is 13.9. The molecule has 0 heterocycles. The maximum atomic E-state index is 12.3. The van der Waals surface area contributed by atoms with Gasteiger partial charge in [0.05, 0.1) is 6.42 Å². The molecule has 0 spiro atoms.